The summed E-state index contributed by atoms with van der Waals surface area (Å²) < 4.78 is 5.38. The van der Waals surface area contributed by atoms with Crippen LogP contribution < -0.4 is 5.32 Å². The van der Waals surface area contributed by atoms with Crippen molar-refractivity contribution in [1.29, 1.82) is 0 Å². The third-order valence-corrected chi connectivity index (χ3v) is 3.60. The van der Waals surface area contributed by atoms with Crippen LogP contribution in [-0.4, -0.2) is 6.04 Å². The van der Waals surface area contributed by atoms with Crippen molar-refractivity contribution in [3.05, 3.63) is 66.6 Å². The van der Waals surface area contributed by atoms with E-state index in [9.17, 15) is 0 Å². The van der Waals surface area contributed by atoms with Crippen LogP contribution in [0.2, 0.25) is 0 Å². The number of aryl methyl sites for hydroxylation is 1. The maximum Gasteiger partial charge on any atom is 0.103 e. The lowest BCUT2D eigenvalue weighted by molar-refractivity contribution is 0.495. The quantitative estimate of drug-likeness (QED) is 0.712. The zero-order chi connectivity index (χ0) is 13.8. The maximum atomic E-state index is 5.38. The van der Waals surface area contributed by atoms with Crippen LogP contribution in [0.5, 0.6) is 0 Å². The second kappa shape index (κ2) is 5.83. The fourth-order valence-electron chi connectivity index (χ4n) is 2.50. The van der Waals surface area contributed by atoms with Gasteiger partial charge in [0, 0.05) is 23.5 Å². The standard InChI is InChI=1S/C18H19NO/c1-14(11-12-16-8-5-13-20-16)19-18-10-4-7-15-6-2-3-9-17(15)18/h2-10,13-14,19H,11-12H2,1H3. The molecule has 102 valence electrons. The molecule has 2 heteroatoms. The molecule has 0 aliphatic rings. The summed E-state index contributed by atoms with van der Waals surface area (Å²) in [5, 5.41) is 6.16. The highest BCUT2D eigenvalue weighted by atomic mass is 16.3. The van der Waals surface area contributed by atoms with Gasteiger partial charge in [0.05, 0.1) is 6.26 Å². The smallest absolute Gasteiger partial charge is 0.103 e. The molecule has 1 atom stereocenters. The van der Waals surface area contributed by atoms with Gasteiger partial charge in [0.2, 0.25) is 0 Å². The molecule has 2 aromatic carbocycles. The summed E-state index contributed by atoms with van der Waals surface area (Å²) >= 11 is 0. The summed E-state index contributed by atoms with van der Waals surface area (Å²) in [5.41, 5.74) is 1.20. The molecule has 20 heavy (non-hydrogen) atoms. The lowest BCUT2D eigenvalue weighted by Crippen LogP contribution is -2.16. The number of hydrogen-bond acceptors (Lipinski definition) is 2. The van der Waals surface area contributed by atoms with E-state index in [4.69, 9.17) is 4.42 Å². The van der Waals surface area contributed by atoms with E-state index in [0.29, 0.717) is 6.04 Å². The summed E-state index contributed by atoms with van der Waals surface area (Å²) in [6.07, 6.45) is 3.75. The van der Waals surface area contributed by atoms with Crippen molar-refractivity contribution >= 4 is 16.5 Å². The Morgan fingerprint density at radius 1 is 1.00 bits per heavy atom. The molecule has 0 spiro atoms. The second-order valence-electron chi connectivity index (χ2n) is 5.19. The number of benzene rings is 2. The molecule has 3 rings (SSSR count). The molecule has 0 saturated heterocycles. The number of nitrogens with one attached hydrogen (secondary N) is 1. The number of furan rings is 1. The van der Waals surface area contributed by atoms with Crippen molar-refractivity contribution < 1.29 is 4.42 Å². The maximum absolute atomic E-state index is 5.38. The van der Waals surface area contributed by atoms with Crippen LogP contribution in [0.1, 0.15) is 19.1 Å². The van der Waals surface area contributed by atoms with E-state index in [1.807, 2.05) is 12.1 Å². The van der Waals surface area contributed by atoms with Gasteiger partial charge >= 0.3 is 0 Å². The van der Waals surface area contributed by atoms with Crippen LogP contribution in [0.25, 0.3) is 10.8 Å². The molecule has 2 nitrogen and oxygen atoms in total. The molecule has 1 heterocycles. The van der Waals surface area contributed by atoms with Crippen LogP contribution in [-0.2, 0) is 6.42 Å². The van der Waals surface area contributed by atoms with Gasteiger partial charge in [-0.2, -0.15) is 0 Å². The highest BCUT2D eigenvalue weighted by Crippen LogP contribution is 2.24. The molecule has 3 aromatic rings. The Balaban J connectivity index is 1.69. The Morgan fingerprint density at radius 3 is 2.70 bits per heavy atom. The van der Waals surface area contributed by atoms with Gasteiger partial charge in [-0.25, -0.2) is 0 Å². The minimum Gasteiger partial charge on any atom is -0.469 e. The largest absolute Gasteiger partial charge is 0.469 e. The van der Waals surface area contributed by atoms with Gasteiger partial charge < -0.3 is 9.73 Å². The number of rotatable bonds is 5. The SMILES string of the molecule is CC(CCc1ccco1)Nc1cccc2ccccc12. The van der Waals surface area contributed by atoms with Crippen LogP contribution in [0.15, 0.2) is 65.3 Å². The summed E-state index contributed by atoms with van der Waals surface area (Å²) in [7, 11) is 0. The highest BCUT2D eigenvalue weighted by Gasteiger charge is 2.06. The van der Waals surface area contributed by atoms with Crippen molar-refractivity contribution in [2.75, 3.05) is 5.32 Å². The topological polar surface area (TPSA) is 25.2 Å². The van der Waals surface area contributed by atoms with Crippen molar-refractivity contribution in [2.45, 2.75) is 25.8 Å². The van der Waals surface area contributed by atoms with Gasteiger partial charge in [-0.05, 0) is 36.9 Å². The third kappa shape index (κ3) is 2.85. The predicted molar refractivity (Wildman–Crippen MR) is 84.1 cm³/mol. The predicted octanol–water partition coefficient (Wildman–Crippen LogP) is 4.87. The van der Waals surface area contributed by atoms with Crippen molar-refractivity contribution in [2.24, 2.45) is 0 Å². The van der Waals surface area contributed by atoms with E-state index in [-0.39, 0.29) is 0 Å². The summed E-state index contributed by atoms with van der Waals surface area (Å²) in [5.74, 6) is 1.05. The zero-order valence-electron chi connectivity index (χ0n) is 11.7. The molecule has 0 saturated carbocycles. The van der Waals surface area contributed by atoms with Gasteiger partial charge in [-0.15, -0.1) is 0 Å². The first kappa shape index (κ1) is 12.8. The Hall–Kier alpha value is -2.22. The molecule has 0 aliphatic carbocycles. The van der Waals surface area contributed by atoms with E-state index in [2.05, 4.69) is 54.7 Å². The molecule has 1 aromatic heterocycles. The highest BCUT2D eigenvalue weighted by molar-refractivity contribution is 5.93. The molecule has 0 aliphatic heterocycles. The van der Waals surface area contributed by atoms with E-state index in [0.717, 1.165) is 18.6 Å². The lowest BCUT2D eigenvalue weighted by atomic mass is 10.1. The summed E-state index contributed by atoms with van der Waals surface area (Å²) in [6, 6.07) is 19.2. The Labute approximate surface area is 119 Å². The summed E-state index contributed by atoms with van der Waals surface area (Å²) in [4.78, 5) is 0. The van der Waals surface area contributed by atoms with Crippen LogP contribution in [0.3, 0.4) is 0 Å². The molecule has 0 amide bonds. The van der Waals surface area contributed by atoms with Crippen LogP contribution >= 0.6 is 0 Å². The normalized spacial score (nSPS) is 12.4. The van der Waals surface area contributed by atoms with Gasteiger partial charge in [0.15, 0.2) is 0 Å². The lowest BCUT2D eigenvalue weighted by Gasteiger charge is -2.16. The van der Waals surface area contributed by atoms with Crippen molar-refractivity contribution in [3.8, 4) is 0 Å². The molecular formula is C18H19NO. The number of fused-ring (bicyclic) bond motifs is 1. The van der Waals surface area contributed by atoms with Crippen LogP contribution in [0.4, 0.5) is 5.69 Å². The van der Waals surface area contributed by atoms with E-state index in [1.54, 1.807) is 6.26 Å². The van der Waals surface area contributed by atoms with Gasteiger partial charge in [-0.3, -0.25) is 0 Å². The van der Waals surface area contributed by atoms with Gasteiger partial charge in [-0.1, -0.05) is 36.4 Å². The second-order valence-corrected chi connectivity index (χ2v) is 5.19. The number of anilines is 1. The fourth-order valence-corrected chi connectivity index (χ4v) is 2.50. The van der Waals surface area contributed by atoms with Crippen LogP contribution in [0, 0.1) is 0 Å². The minimum atomic E-state index is 0.408. The molecule has 0 fully saturated rings. The molecule has 0 radical (unpaired) electrons. The summed E-state index contributed by atoms with van der Waals surface area (Å²) in [6.45, 7) is 2.21. The van der Waals surface area contributed by atoms with Gasteiger partial charge in [0.1, 0.15) is 5.76 Å². The monoisotopic (exact) mass is 265 g/mol. The average Bonchev–Trinajstić information content (AvgIpc) is 2.99. The first-order valence-corrected chi connectivity index (χ1v) is 7.09. The Bertz CT molecular complexity index is 667. The Kier molecular flexibility index (Phi) is 3.73. The Morgan fingerprint density at radius 2 is 1.85 bits per heavy atom. The molecule has 1 unspecified atom stereocenters. The molecular weight excluding hydrogens is 246 g/mol. The molecule has 0 bridgehead atoms. The number of hydrogen-bond donors (Lipinski definition) is 1. The minimum absolute atomic E-state index is 0.408. The van der Waals surface area contributed by atoms with E-state index in [1.165, 1.54) is 16.5 Å². The van der Waals surface area contributed by atoms with E-state index < -0.39 is 0 Å². The van der Waals surface area contributed by atoms with Gasteiger partial charge in [0.25, 0.3) is 0 Å². The van der Waals surface area contributed by atoms with Crippen molar-refractivity contribution in [1.82, 2.24) is 0 Å². The van der Waals surface area contributed by atoms with E-state index >= 15 is 0 Å². The zero-order valence-corrected chi connectivity index (χ0v) is 11.7. The average molecular weight is 265 g/mol. The molecule has 1 N–H and O–H groups in total. The first-order valence-electron chi connectivity index (χ1n) is 7.09. The van der Waals surface area contributed by atoms with Crippen molar-refractivity contribution in [3.63, 3.8) is 0 Å². The fraction of sp³-hybridized carbons (Fsp3) is 0.222. The third-order valence-electron chi connectivity index (χ3n) is 3.60. The first-order chi connectivity index (χ1) is 9.83.